The molecule has 0 saturated carbocycles. The van der Waals surface area contributed by atoms with E-state index in [4.69, 9.17) is 33.6 Å². The minimum Gasteiger partial charge on any atom is -0.497 e. The normalized spacial score (nSPS) is 14.9. The molecule has 7 rings (SSSR count). The van der Waals surface area contributed by atoms with Crippen LogP contribution in [0.4, 0.5) is 0 Å². The maximum absolute atomic E-state index is 15.1. The summed E-state index contributed by atoms with van der Waals surface area (Å²) in [6.07, 6.45) is -0.730. The molecule has 0 amide bonds. The molecule has 57 heavy (non-hydrogen) atoms. The first kappa shape index (κ1) is 39.2. The summed E-state index contributed by atoms with van der Waals surface area (Å²) in [6, 6.07) is 40.9. The Morgan fingerprint density at radius 3 is 1.70 bits per heavy atom. The number of ether oxygens (including phenoxy) is 5. The molecule has 294 valence electrons. The lowest BCUT2D eigenvalue weighted by Crippen LogP contribution is -2.61. The van der Waals surface area contributed by atoms with Crippen molar-refractivity contribution in [3.63, 3.8) is 0 Å². The summed E-state index contributed by atoms with van der Waals surface area (Å²) in [5, 5.41) is 9.10. The van der Waals surface area contributed by atoms with Crippen LogP contribution in [0.15, 0.2) is 127 Å². The Morgan fingerprint density at radius 2 is 1.18 bits per heavy atom. The zero-order valence-electron chi connectivity index (χ0n) is 32.0. The van der Waals surface area contributed by atoms with Crippen LogP contribution in [0.1, 0.15) is 59.4 Å². The van der Waals surface area contributed by atoms with Crippen LogP contribution in [0, 0.1) is 0 Å². The van der Waals surface area contributed by atoms with Gasteiger partial charge in [0.15, 0.2) is 5.60 Å². The Morgan fingerprint density at radius 1 is 0.667 bits per heavy atom. The Bertz CT molecular complexity index is 2070. The number of likely N-dealkylation sites (tertiary alicyclic amines) is 1. The number of aliphatic carboxylic acids is 1. The van der Waals surface area contributed by atoms with Crippen LogP contribution in [0.5, 0.6) is 11.5 Å². The van der Waals surface area contributed by atoms with Crippen molar-refractivity contribution in [3.05, 3.63) is 155 Å². The highest BCUT2D eigenvalue weighted by molar-refractivity contribution is 5.79. The van der Waals surface area contributed by atoms with E-state index in [2.05, 4.69) is 24.3 Å². The molecule has 5 aromatic rings. The molecule has 1 fully saturated rings. The summed E-state index contributed by atoms with van der Waals surface area (Å²) in [7, 11) is 3.19. The van der Waals surface area contributed by atoms with Gasteiger partial charge >= 0.3 is 24.1 Å². The first-order valence-corrected chi connectivity index (χ1v) is 19.0. The van der Waals surface area contributed by atoms with Gasteiger partial charge in [0.05, 0.1) is 27.1 Å². The number of rotatable bonds is 17. The number of carboxylic acid groups (broad SMARTS) is 1. The second-order valence-corrected chi connectivity index (χ2v) is 14.1. The maximum atomic E-state index is 15.1. The number of hydroxylamine groups is 3. The Kier molecular flexibility index (Phi) is 12.0. The van der Waals surface area contributed by atoms with Crippen LogP contribution < -0.4 is 9.47 Å². The molecule has 0 radical (unpaired) electrons. The topological polar surface area (TPSA) is 127 Å². The number of fused-ring (bicyclic) bond motifs is 3. The van der Waals surface area contributed by atoms with E-state index < -0.39 is 36.5 Å². The summed E-state index contributed by atoms with van der Waals surface area (Å²) >= 11 is 0. The van der Waals surface area contributed by atoms with Gasteiger partial charge in [0.1, 0.15) is 31.2 Å². The van der Waals surface area contributed by atoms with E-state index in [9.17, 15) is 9.59 Å². The van der Waals surface area contributed by atoms with Gasteiger partial charge in [-0.2, -0.15) is 4.84 Å². The van der Waals surface area contributed by atoms with Crippen LogP contribution in [-0.2, 0) is 39.0 Å². The van der Waals surface area contributed by atoms with Crippen LogP contribution in [0.2, 0.25) is 0 Å². The fourth-order valence-corrected chi connectivity index (χ4v) is 7.99. The molecule has 0 spiro atoms. The van der Waals surface area contributed by atoms with Gasteiger partial charge in [0, 0.05) is 18.8 Å². The molecule has 2 aliphatic rings. The number of benzene rings is 5. The van der Waals surface area contributed by atoms with E-state index in [0.29, 0.717) is 48.6 Å². The first-order chi connectivity index (χ1) is 27.8. The molecule has 1 N–H and O–H groups in total. The van der Waals surface area contributed by atoms with Crippen LogP contribution >= 0.6 is 0 Å². The predicted molar refractivity (Wildman–Crippen MR) is 210 cm³/mol. The van der Waals surface area contributed by atoms with Crippen molar-refractivity contribution in [2.24, 2.45) is 0 Å². The van der Waals surface area contributed by atoms with Crippen molar-refractivity contribution in [3.8, 4) is 22.6 Å². The van der Waals surface area contributed by atoms with Gasteiger partial charge < -0.3 is 24.1 Å². The van der Waals surface area contributed by atoms with E-state index in [1.807, 2.05) is 103 Å². The van der Waals surface area contributed by atoms with Crippen molar-refractivity contribution in [2.75, 3.05) is 40.7 Å². The molecule has 1 saturated heterocycles. The van der Waals surface area contributed by atoms with Gasteiger partial charge in [-0.1, -0.05) is 103 Å². The molecule has 1 atom stereocenters. The molecule has 1 aliphatic carbocycles. The Balaban J connectivity index is 1.33. The SMILES string of the molecule is COc1ccc(C(OC(C(=O)OCC2c3ccccc3-c3ccccc32)[N+]2(OCOC(=O)CCC(=O)O)CCCC2)(c2ccccc2)c2ccc(OC)cc2)cc1. The molecule has 1 unspecified atom stereocenters. The fraction of sp³-hybridized carbons (Fsp3) is 0.283. The molecule has 1 heterocycles. The minimum absolute atomic E-state index is 0.0420. The number of hydrogen-bond donors (Lipinski definition) is 1. The maximum Gasteiger partial charge on any atom is 0.398 e. The number of carboxylic acids is 1. The minimum atomic E-state index is -1.43. The third kappa shape index (κ3) is 8.13. The lowest BCUT2D eigenvalue weighted by Gasteiger charge is -2.43. The van der Waals surface area contributed by atoms with E-state index in [-0.39, 0.29) is 30.0 Å². The number of nitrogens with zero attached hydrogens (tertiary/aromatic N) is 1. The van der Waals surface area contributed by atoms with Gasteiger partial charge in [-0.25, -0.2) is 4.79 Å². The quantitative estimate of drug-likeness (QED) is 0.0437. The molecular formula is C46H46NO10+. The van der Waals surface area contributed by atoms with Crippen LogP contribution in [0.3, 0.4) is 0 Å². The standard InChI is InChI=1S/C46H45NO10/c1-52-35-22-18-33(19-23-35)46(32-12-4-3-5-13-32,34-20-24-36(53-2)25-21-34)57-44(47(28-10-11-29-47)56-31-55-43(50)27-26-42(48)49)45(51)54-30-41-39-16-8-6-14-37(39)38-15-7-9-17-40(38)41/h3-9,12-25,41,44H,10-11,26-31H2,1-2H3/p+1. The largest absolute Gasteiger partial charge is 0.497 e. The Labute approximate surface area is 331 Å². The van der Waals surface area contributed by atoms with Crippen molar-refractivity contribution in [1.29, 1.82) is 0 Å². The van der Waals surface area contributed by atoms with Crippen molar-refractivity contribution in [1.82, 2.24) is 0 Å². The highest BCUT2D eigenvalue weighted by Crippen LogP contribution is 2.47. The van der Waals surface area contributed by atoms with E-state index >= 15 is 4.79 Å². The molecule has 0 aromatic heterocycles. The van der Waals surface area contributed by atoms with Crippen molar-refractivity contribution in [2.45, 2.75) is 43.4 Å². The number of methoxy groups -OCH3 is 2. The summed E-state index contributed by atoms with van der Waals surface area (Å²) in [5.41, 5.74) is 5.03. The summed E-state index contributed by atoms with van der Waals surface area (Å²) < 4.78 is 29.9. The number of quaternary nitrogens is 1. The van der Waals surface area contributed by atoms with Gasteiger partial charge in [-0.15, -0.1) is 4.65 Å². The predicted octanol–water partition coefficient (Wildman–Crippen LogP) is 7.60. The summed E-state index contributed by atoms with van der Waals surface area (Å²) in [6.45, 7) is 0.202. The summed E-state index contributed by atoms with van der Waals surface area (Å²) in [4.78, 5) is 45.2. The van der Waals surface area contributed by atoms with Crippen molar-refractivity contribution >= 4 is 17.9 Å². The third-order valence-corrected chi connectivity index (χ3v) is 10.8. The van der Waals surface area contributed by atoms with Gasteiger partial charge in [0.2, 0.25) is 6.79 Å². The van der Waals surface area contributed by atoms with Gasteiger partial charge in [-0.05, 0) is 63.2 Å². The van der Waals surface area contributed by atoms with Gasteiger partial charge in [-0.3, -0.25) is 14.3 Å². The van der Waals surface area contributed by atoms with Gasteiger partial charge in [0.25, 0.3) is 0 Å². The van der Waals surface area contributed by atoms with E-state index in [1.54, 1.807) is 14.2 Å². The second-order valence-electron chi connectivity index (χ2n) is 14.1. The lowest BCUT2D eigenvalue weighted by molar-refractivity contribution is -1.13. The third-order valence-electron chi connectivity index (χ3n) is 10.8. The second kappa shape index (κ2) is 17.4. The van der Waals surface area contributed by atoms with Crippen LogP contribution in [-0.4, -0.2) is 74.6 Å². The molecule has 11 nitrogen and oxygen atoms in total. The molecule has 11 heteroatoms. The van der Waals surface area contributed by atoms with E-state index in [0.717, 1.165) is 27.8 Å². The number of esters is 2. The highest BCUT2D eigenvalue weighted by Gasteiger charge is 2.55. The average molecular weight is 773 g/mol. The molecule has 0 bridgehead atoms. The molecular weight excluding hydrogens is 727 g/mol. The average Bonchev–Trinajstić information content (AvgIpc) is 3.86. The zero-order valence-corrected chi connectivity index (χ0v) is 32.0. The highest BCUT2D eigenvalue weighted by atomic mass is 16.8. The molecule has 1 aliphatic heterocycles. The van der Waals surface area contributed by atoms with Crippen LogP contribution in [0.25, 0.3) is 11.1 Å². The smallest absolute Gasteiger partial charge is 0.398 e. The monoisotopic (exact) mass is 772 g/mol. The number of carbonyl (C=O) groups excluding carboxylic acids is 2. The number of hydrogen-bond acceptors (Lipinski definition) is 9. The molecule has 5 aromatic carbocycles. The number of carbonyl (C=O) groups is 3. The first-order valence-electron chi connectivity index (χ1n) is 19.0. The zero-order chi connectivity index (χ0) is 39.8. The fourth-order valence-electron chi connectivity index (χ4n) is 7.99. The lowest BCUT2D eigenvalue weighted by atomic mass is 9.80. The summed E-state index contributed by atoms with van der Waals surface area (Å²) in [5.74, 6) is -1.44. The van der Waals surface area contributed by atoms with E-state index in [1.165, 1.54) is 0 Å². The van der Waals surface area contributed by atoms with Crippen molar-refractivity contribution < 1.29 is 52.7 Å². The Hall–Kier alpha value is -6.01.